The highest BCUT2D eigenvalue weighted by atomic mass is 79.9. The summed E-state index contributed by atoms with van der Waals surface area (Å²) >= 11 is 8.52. The van der Waals surface area contributed by atoms with E-state index in [0.29, 0.717) is 11.0 Å². The average Bonchev–Trinajstić information content (AvgIpc) is 2.85. The van der Waals surface area contributed by atoms with Crippen LogP contribution in [0.2, 0.25) is 0 Å². The van der Waals surface area contributed by atoms with E-state index in [1.807, 2.05) is 0 Å². The number of aromatic nitrogens is 1. The van der Waals surface area contributed by atoms with E-state index in [0.717, 1.165) is 34.0 Å². The fourth-order valence-corrected chi connectivity index (χ4v) is 4.22. The number of carbonyl (C=O) groups excluding carboxylic acids is 1. The molecule has 2 aromatic rings. The van der Waals surface area contributed by atoms with Crippen molar-refractivity contribution in [1.29, 1.82) is 0 Å². The summed E-state index contributed by atoms with van der Waals surface area (Å²) in [7, 11) is 0. The highest BCUT2D eigenvalue weighted by molar-refractivity contribution is 9.10. The number of benzene rings is 1. The van der Waals surface area contributed by atoms with Crippen LogP contribution >= 0.6 is 43.2 Å². The van der Waals surface area contributed by atoms with Gasteiger partial charge in [-0.15, -0.1) is 0 Å². The average molecular weight is 448 g/mol. The third-order valence-corrected chi connectivity index (χ3v) is 5.69. The first-order valence-corrected chi connectivity index (χ1v) is 9.99. The smallest absolute Gasteiger partial charge is 0.239 e. The molecule has 6 heteroatoms. The molecule has 0 spiro atoms. The first-order valence-electron chi connectivity index (χ1n) is 7.47. The Kier molecular flexibility index (Phi) is 6.41. The number of unbranched alkanes of at least 4 members (excludes halogenated alkanes) is 1. The monoisotopic (exact) mass is 446 g/mol. The van der Waals surface area contributed by atoms with E-state index < -0.39 is 0 Å². The number of carbonyl (C=O) groups is 1. The summed E-state index contributed by atoms with van der Waals surface area (Å²) in [6.07, 6.45) is 2.96. The topological polar surface area (TPSA) is 42.0 Å². The highest BCUT2D eigenvalue weighted by Crippen LogP contribution is 2.34. The normalized spacial score (nSPS) is 12.8. The Morgan fingerprint density at radius 2 is 2.14 bits per heavy atom. The fraction of sp³-hybridized carbons (Fsp3) is 0.500. The van der Waals surface area contributed by atoms with Gasteiger partial charge >= 0.3 is 0 Å². The van der Waals surface area contributed by atoms with Gasteiger partial charge in [0.25, 0.3) is 0 Å². The van der Waals surface area contributed by atoms with Crippen molar-refractivity contribution >= 4 is 64.5 Å². The molecule has 2 rings (SSSR count). The zero-order valence-electron chi connectivity index (χ0n) is 13.0. The SMILES string of the molecule is CCCCC(Br)C(=O)Nc1nc2c(C(C)C)cc(Br)cc2s1. The predicted molar refractivity (Wildman–Crippen MR) is 102 cm³/mol. The van der Waals surface area contributed by atoms with Crippen molar-refractivity contribution < 1.29 is 4.79 Å². The van der Waals surface area contributed by atoms with Gasteiger partial charge in [0.2, 0.25) is 5.91 Å². The zero-order chi connectivity index (χ0) is 16.3. The van der Waals surface area contributed by atoms with Gasteiger partial charge < -0.3 is 5.32 Å². The molecule has 0 aliphatic carbocycles. The number of nitrogens with one attached hydrogen (secondary N) is 1. The van der Waals surface area contributed by atoms with Crippen LogP contribution in [0.5, 0.6) is 0 Å². The van der Waals surface area contributed by atoms with Crippen molar-refractivity contribution in [2.24, 2.45) is 0 Å². The molecule has 0 radical (unpaired) electrons. The molecule has 1 aromatic carbocycles. The highest BCUT2D eigenvalue weighted by Gasteiger charge is 2.17. The molecule has 1 unspecified atom stereocenters. The lowest BCUT2D eigenvalue weighted by Crippen LogP contribution is -2.22. The number of alkyl halides is 1. The van der Waals surface area contributed by atoms with Crippen LogP contribution in [0.1, 0.15) is 51.5 Å². The maximum absolute atomic E-state index is 12.2. The molecule has 0 saturated carbocycles. The van der Waals surface area contributed by atoms with Crippen LogP contribution in [0.3, 0.4) is 0 Å². The molecular weight excluding hydrogens is 428 g/mol. The molecule has 0 fully saturated rings. The van der Waals surface area contributed by atoms with E-state index >= 15 is 0 Å². The Bertz CT molecular complexity index is 669. The Balaban J connectivity index is 2.23. The summed E-state index contributed by atoms with van der Waals surface area (Å²) in [4.78, 5) is 16.6. The zero-order valence-corrected chi connectivity index (χ0v) is 16.9. The van der Waals surface area contributed by atoms with Gasteiger partial charge in [-0.1, -0.05) is 76.8 Å². The first-order chi connectivity index (χ1) is 10.4. The molecule has 0 aliphatic heterocycles. The Labute approximate surface area is 152 Å². The molecule has 1 heterocycles. The Hall–Kier alpha value is -0.460. The third-order valence-electron chi connectivity index (χ3n) is 3.44. The summed E-state index contributed by atoms with van der Waals surface area (Å²) in [5, 5.41) is 3.60. The number of halogens is 2. The van der Waals surface area contributed by atoms with Gasteiger partial charge in [-0.05, 0) is 30.0 Å². The molecule has 1 amide bonds. The Morgan fingerprint density at radius 3 is 2.77 bits per heavy atom. The maximum Gasteiger partial charge on any atom is 0.239 e. The second kappa shape index (κ2) is 7.88. The van der Waals surface area contributed by atoms with Crippen molar-refractivity contribution in [3.8, 4) is 0 Å². The van der Waals surface area contributed by atoms with Crippen LogP contribution in [0.25, 0.3) is 10.2 Å². The van der Waals surface area contributed by atoms with Crippen molar-refractivity contribution in [2.45, 2.75) is 50.8 Å². The number of anilines is 1. The second-order valence-electron chi connectivity index (χ2n) is 5.61. The number of hydrogen-bond donors (Lipinski definition) is 1. The number of hydrogen-bond acceptors (Lipinski definition) is 3. The minimum absolute atomic E-state index is 0.0160. The molecule has 3 nitrogen and oxygen atoms in total. The number of fused-ring (bicyclic) bond motifs is 1. The van der Waals surface area contributed by atoms with E-state index in [-0.39, 0.29) is 10.7 Å². The number of nitrogens with zero attached hydrogens (tertiary/aromatic N) is 1. The number of thiazole rings is 1. The quantitative estimate of drug-likeness (QED) is 0.545. The van der Waals surface area contributed by atoms with Crippen molar-refractivity contribution in [2.75, 3.05) is 5.32 Å². The molecule has 1 aromatic heterocycles. The lowest BCUT2D eigenvalue weighted by molar-refractivity contribution is -0.115. The minimum Gasteiger partial charge on any atom is -0.301 e. The van der Waals surface area contributed by atoms with E-state index in [9.17, 15) is 4.79 Å². The molecule has 1 atom stereocenters. The molecule has 0 aliphatic rings. The van der Waals surface area contributed by atoms with E-state index in [1.165, 1.54) is 16.9 Å². The molecule has 120 valence electrons. The summed E-state index contributed by atoms with van der Waals surface area (Å²) < 4.78 is 2.14. The van der Waals surface area contributed by atoms with E-state index in [2.05, 4.69) is 75.1 Å². The summed E-state index contributed by atoms with van der Waals surface area (Å²) in [6, 6.07) is 4.16. The fourth-order valence-electron chi connectivity index (χ4n) is 2.21. The minimum atomic E-state index is -0.157. The van der Waals surface area contributed by atoms with Gasteiger partial charge in [-0.2, -0.15) is 0 Å². The predicted octanol–water partition coefficient (Wildman–Crippen LogP) is 6.07. The third kappa shape index (κ3) is 4.30. The number of amides is 1. The van der Waals surface area contributed by atoms with Gasteiger partial charge in [0.15, 0.2) is 5.13 Å². The van der Waals surface area contributed by atoms with Crippen LogP contribution in [0, 0.1) is 0 Å². The van der Waals surface area contributed by atoms with Crippen LogP contribution < -0.4 is 5.32 Å². The van der Waals surface area contributed by atoms with E-state index in [4.69, 9.17) is 0 Å². The first kappa shape index (κ1) is 17.9. The molecule has 0 bridgehead atoms. The van der Waals surface area contributed by atoms with Crippen LogP contribution in [0.4, 0.5) is 5.13 Å². The van der Waals surface area contributed by atoms with Crippen molar-refractivity contribution in [1.82, 2.24) is 4.98 Å². The van der Waals surface area contributed by atoms with Crippen LogP contribution in [-0.4, -0.2) is 15.7 Å². The second-order valence-corrected chi connectivity index (χ2v) is 8.67. The summed E-state index contributed by atoms with van der Waals surface area (Å²) in [5.74, 6) is 0.372. The standard InChI is InChI=1S/C16H20Br2N2OS/c1-4-5-6-12(18)15(21)20-16-19-14-11(9(2)3)7-10(17)8-13(14)22-16/h7-9,12H,4-6H2,1-3H3,(H,19,20,21). The maximum atomic E-state index is 12.2. The van der Waals surface area contributed by atoms with Gasteiger partial charge in [0, 0.05) is 4.47 Å². The van der Waals surface area contributed by atoms with E-state index in [1.54, 1.807) is 0 Å². The van der Waals surface area contributed by atoms with Crippen LogP contribution in [0.15, 0.2) is 16.6 Å². The van der Waals surface area contributed by atoms with Gasteiger partial charge in [0.05, 0.1) is 15.0 Å². The van der Waals surface area contributed by atoms with Gasteiger partial charge in [0.1, 0.15) is 0 Å². The summed E-state index contributed by atoms with van der Waals surface area (Å²) in [5.41, 5.74) is 2.18. The number of rotatable bonds is 6. The van der Waals surface area contributed by atoms with Crippen molar-refractivity contribution in [3.63, 3.8) is 0 Å². The molecule has 1 N–H and O–H groups in total. The molecular formula is C16H20Br2N2OS. The lowest BCUT2D eigenvalue weighted by Gasteiger charge is -2.08. The van der Waals surface area contributed by atoms with Gasteiger partial charge in [-0.3, -0.25) is 4.79 Å². The van der Waals surface area contributed by atoms with Gasteiger partial charge in [-0.25, -0.2) is 4.98 Å². The summed E-state index contributed by atoms with van der Waals surface area (Å²) in [6.45, 7) is 6.42. The van der Waals surface area contributed by atoms with Crippen LogP contribution in [-0.2, 0) is 4.79 Å². The molecule has 22 heavy (non-hydrogen) atoms. The van der Waals surface area contributed by atoms with Crippen molar-refractivity contribution in [3.05, 3.63) is 22.2 Å². The molecule has 0 saturated heterocycles. The Morgan fingerprint density at radius 1 is 1.41 bits per heavy atom. The largest absolute Gasteiger partial charge is 0.301 e. The lowest BCUT2D eigenvalue weighted by atomic mass is 10.0.